The molecule has 0 atom stereocenters. The highest BCUT2D eigenvalue weighted by Crippen LogP contribution is 1.78. The predicted octanol–water partition coefficient (Wildman–Crippen LogP) is -0.956. The van der Waals surface area contributed by atoms with Gasteiger partial charge in [-0.2, -0.15) is 0 Å². The van der Waals surface area contributed by atoms with Crippen LogP contribution in [0.15, 0.2) is 15.8 Å². The number of H-pyrrole nitrogens is 1. The van der Waals surface area contributed by atoms with E-state index in [1.54, 1.807) is 6.92 Å². The van der Waals surface area contributed by atoms with Crippen LogP contribution in [-0.4, -0.2) is 15.8 Å². The van der Waals surface area contributed by atoms with Gasteiger partial charge in [0.15, 0.2) is 0 Å². The average Bonchev–Trinajstić information content (AvgIpc) is 2.06. The first-order valence-electron chi connectivity index (χ1n) is 3.39. The number of aromatic amines is 1. The van der Waals surface area contributed by atoms with E-state index in [0.29, 0.717) is 11.8 Å². The highest BCUT2D eigenvalue weighted by atomic mass is 16.2. The molecular weight excluding hydrogens is 160 g/mol. The lowest BCUT2D eigenvalue weighted by molar-refractivity contribution is -0.108. The average molecular weight is 168 g/mol. The van der Waals surface area contributed by atoms with Crippen molar-refractivity contribution >= 4 is 6.29 Å². The Morgan fingerprint density at radius 3 is 2.83 bits per heavy atom. The van der Waals surface area contributed by atoms with Crippen LogP contribution in [0.2, 0.25) is 0 Å². The molecular formula is C7H8N2O3. The van der Waals surface area contributed by atoms with Crippen LogP contribution in [0.3, 0.4) is 0 Å². The van der Waals surface area contributed by atoms with Crippen LogP contribution in [0, 0.1) is 6.92 Å². The topological polar surface area (TPSA) is 71.9 Å². The van der Waals surface area contributed by atoms with E-state index >= 15 is 0 Å². The summed E-state index contributed by atoms with van der Waals surface area (Å²) in [5.41, 5.74) is -0.569. The summed E-state index contributed by atoms with van der Waals surface area (Å²) in [5.74, 6) is 0. The third kappa shape index (κ3) is 1.34. The number of aryl methyl sites for hydroxylation is 1. The van der Waals surface area contributed by atoms with Crippen molar-refractivity contribution in [2.24, 2.45) is 0 Å². The summed E-state index contributed by atoms with van der Waals surface area (Å²) in [6, 6.07) is 0. The van der Waals surface area contributed by atoms with Gasteiger partial charge in [-0.1, -0.05) is 0 Å². The fourth-order valence-corrected chi connectivity index (χ4v) is 0.855. The maximum absolute atomic E-state index is 11.2. The van der Waals surface area contributed by atoms with E-state index in [1.807, 2.05) is 0 Å². The number of nitrogens with zero attached hydrogens (tertiary/aromatic N) is 1. The highest BCUT2D eigenvalue weighted by Gasteiger charge is 2.01. The molecule has 0 unspecified atom stereocenters. The highest BCUT2D eigenvalue weighted by molar-refractivity contribution is 5.48. The van der Waals surface area contributed by atoms with Crippen molar-refractivity contribution in [2.45, 2.75) is 13.5 Å². The summed E-state index contributed by atoms with van der Waals surface area (Å²) in [5, 5.41) is 0. The molecule has 64 valence electrons. The van der Waals surface area contributed by atoms with E-state index in [0.717, 1.165) is 4.57 Å². The monoisotopic (exact) mass is 168 g/mol. The van der Waals surface area contributed by atoms with Gasteiger partial charge in [-0.25, -0.2) is 4.79 Å². The second-order valence-electron chi connectivity index (χ2n) is 2.36. The van der Waals surface area contributed by atoms with Gasteiger partial charge in [0.25, 0.3) is 5.56 Å². The first kappa shape index (κ1) is 8.45. The molecule has 0 radical (unpaired) electrons. The molecule has 5 nitrogen and oxygen atoms in total. The van der Waals surface area contributed by atoms with Gasteiger partial charge in [0.2, 0.25) is 0 Å². The summed E-state index contributed by atoms with van der Waals surface area (Å²) >= 11 is 0. The van der Waals surface area contributed by atoms with Crippen LogP contribution < -0.4 is 11.2 Å². The molecule has 1 heterocycles. The van der Waals surface area contributed by atoms with Crippen LogP contribution in [0.25, 0.3) is 0 Å². The number of hydrogen-bond donors (Lipinski definition) is 1. The molecule has 1 aromatic rings. The molecule has 1 rings (SSSR count). The van der Waals surface area contributed by atoms with Crippen molar-refractivity contribution in [1.82, 2.24) is 9.55 Å². The Kier molecular flexibility index (Phi) is 2.23. The summed E-state index contributed by atoms with van der Waals surface area (Å²) in [6.45, 7) is 1.37. The van der Waals surface area contributed by atoms with E-state index in [9.17, 15) is 14.4 Å². The molecule has 0 saturated heterocycles. The third-order valence-corrected chi connectivity index (χ3v) is 1.50. The molecule has 0 aliphatic heterocycles. The minimum Gasteiger partial charge on any atom is -0.314 e. The Balaban J connectivity index is 3.43. The van der Waals surface area contributed by atoms with Crippen molar-refractivity contribution in [3.8, 4) is 0 Å². The van der Waals surface area contributed by atoms with E-state index in [1.165, 1.54) is 6.20 Å². The van der Waals surface area contributed by atoms with Crippen molar-refractivity contribution in [1.29, 1.82) is 0 Å². The second-order valence-corrected chi connectivity index (χ2v) is 2.36. The van der Waals surface area contributed by atoms with Crippen LogP contribution in [0.5, 0.6) is 0 Å². The van der Waals surface area contributed by atoms with Crippen molar-refractivity contribution in [3.63, 3.8) is 0 Å². The summed E-state index contributed by atoms with van der Waals surface area (Å²) in [4.78, 5) is 34.5. The Bertz CT molecular complexity index is 402. The zero-order valence-corrected chi connectivity index (χ0v) is 6.53. The minimum absolute atomic E-state index is 0.199. The first-order chi connectivity index (χ1) is 5.66. The van der Waals surface area contributed by atoms with Gasteiger partial charge < -0.3 is 9.78 Å². The number of rotatable bonds is 2. The first-order valence-corrected chi connectivity index (χ1v) is 3.39. The van der Waals surface area contributed by atoms with Gasteiger partial charge in [-0.15, -0.1) is 0 Å². The van der Waals surface area contributed by atoms with E-state index in [4.69, 9.17) is 0 Å². The zero-order valence-electron chi connectivity index (χ0n) is 6.53. The number of aldehydes is 1. The van der Waals surface area contributed by atoms with Gasteiger partial charge in [0.1, 0.15) is 6.29 Å². The lowest BCUT2D eigenvalue weighted by atomic mass is 10.4. The van der Waals surface area contributed by atoms with E-state index < -0.39 is 11.2 Å². The third-order valence-electron chi connectivity index (χ3n) is 1.50. The van der Waals surface area contributed by atoms with Crippen LogP contribution >= 0.6 is 0 Å². The van der Waals surface area contributed by atoms with Gasteiger partial charge >= 0.3 is 5.69 Å². The lowest BCUT2D eigenvalue weighted by Crippen LogP contribution is -2.36. The maximum atomic E-state index is 11.2. The van der Waals surface area contributed by atoms with Gasteiger partial charge in [-0.3, -0.25) is 9.36 Å². The fraction of sp³-hybridized carbons (Fsp3) is 0.286. The molecule has 0 bridgehead atoms. The van der Waals surface area contributed by atoms with Crippen LogP contribution in [0.4, 0.5) is 0 Å². The van der Waals surface area contributed by atoms with Gasteiger partial charge in [0, 0.05) is 11.8 Å². The molecule has 12 heavy (non-hydrogen) atoms. The molecule has 5 heteroatoms. The maximum Gasteiger partial charge on any atom is 0.328 e. The summed E-state index contributed by atoms with van der Waals surface area (Å²) < 4.78 is 0.850. The van der Waals surface area contributed by atoms with Crippen LogP contribution in [-0.2, 0) is 11.3 Å². The number of hydrogen-bond acceptors (Lipinski definition) is 3. The molecule has 0 saturated carbocycles. The number of nitrogens with one attached hydrogen (secondary N) is 1. The molecule has 0 aromatic carbocycles. The lowest BCUT2D eigenvalue weighted by Gasteiger charge is -1.98. The van der Waals surface area contributed by atoms with Gasteiger partial charge in [0.05, 0.1) is 6.54 Å². The minimum atomic E-state index is -0.558. The van der Waals surface area contributed by atoms with E-state index in [2.05, 4.69) is 4.98 Å². The fourth-order valence-electron chi connectivity index (χ4n) is 0.855. The molecule has 1 aromatic heterocycles. The smallest absolute Gasteiger partial charge is 0.314 e. The molecule has 0 amide bonds. The Morgan fingerprint density at radius 1 is 1.58 bits per heavy atom. The quantitative estimate of drug-likeness (QED) is 0.578. The SMILES string of the molecule is Cc1c[nH]c(=O)n(CC=O)c1=O. The molecule has 0 spiro atoms. The molecule has 0 aliphatic carbocycles. The number of carbonyl (C=O) groups excluding carboxylic acids is 1. The van der Waals surface area contributed by atoms with Crippen molar-refractivity contribution < 1.29 is 4.79 Å². The summed E-state index contributed by atoms with van der Waals surface area (Å²) in [7, 11) is 0. The van der Waals surface area contributed by atoms with Crippen molar-refractivity contribution in [3.05, 3.63) is 32.6 Å². The normalized spacial score (nSPS) is 9.75. The number of carbonyl (C=O) groups is 1. The zero-order chi connectivity index (χ0) is 9.14. The van der Waals surface area contributed by atoms with Crippen molar-refractivity contribution in [2.75, 3.05) is 0 Å². The largest absolute Gasteiger partial charge is 0.328 e. The second kappa shape index (κ2) is 3.17. The Labute approximate surface area is 67.7 Å². The van der Waals surface area contributed by atoms with Gasteiger partial charge in [-0.05, 0) is 6.92 Å². The Morgan fingerprint density at radius 2 is 2.25 bits per heavy atom. The van der Waals surface area contributed by atoms with E-state index in [-0.39, 0.29) is 6.54 Å². The number of aromatic nitrogens is 2. The summed E-state index contributed by atoms with van der Waals surface area (Å²) in [6.07, 6.45) is 1.84. The standard InChI is InChI=1S/C7H8N2O3/c1-5-4-8-7(12)9(2-3-10)6(5)11/h3-4H,2H2,1H3,(H,8,12). The molecule has 1 N–H and O–H groups in total. The van der Waals surface area contributed by atoms with Crippen LogP contribution in [0.1, 0.15) is 5.56 Å². The predicted molar refractivity (Wildman–Crippen MR) is 42.1 cm³/mol. The Hall–Kier alpha value is -1.65. The molecule has 0 fully saturated rings. The molecule has 0 aliphatic rings.